The Bertz CT molecular complexity index is 1010. The van der Waals surface area contributed by atoms with Gasteiger partial charge in [0.15, 0.2) is 0 Å². The van der Waals surface area contributed by atoms with Gasteiger partial charge in [0, 0.05) is 24.8 Å². The summed E-state index contributed by atoms with van der Waals surface area (Å²) in [6.07, 6.45) is 8.53. The van der Waals surface area contributed by atoms with Crippen LogP contribution < -0.4 is 10.2 Å². The molecule has 33 heavy (non-hydrogen) atoms. The first-order chi connectivity index (χ1) is 15.6. The van der Waals surface area contributed by atoms with Crippen molar-refractivity contribution in [3.05, 3.63) is 23.8 Å². The van der Waals surface area contributed by atoms with Crippen LogP contribution in [-0.4, -0.2) is 50.2 Å². The van der Waals surface area contributed by atoms with Crippen LogP contribution in [0.1, 0.15) is 77.7 Å². The number of nitrogens with zero attached hydrogens (tertiary/aromatic N) is 2. The van der Waals surface area contributed by atoms with E-state index in [1.54, 1.807) is 36.4 Å². The minimum Gasteiger partial charge on any atom is -0.352 e. The average Bonchev–Trinajstić information content (AvgIpc) is 2.95. The summed E-state index contributed by atoms with van der Waals surface area (Å²) >= 11 is 0. The molecule has 7 nitrogen and oxygen atoms in total. The Morgan fingerprint density at radius 2 is 1.79 bits per heavy atom. The van der Waals surface area contributed by atoms with Crippen LogP contribution in [-0.2, 0) is 25.0 Å². The molecule has 4 rings (SSSR count). The van der Waals surface area contributed by atoms with Crippen molar-refractivity contribution in [1.82, 2.24) is 9.62 Å². The zero-order valence-electron chi connectivity index (χ0n) is 20.1. The molecule has 1 N–H and O–H groups in total. The summed E-state index contributed by atoms with van der Waals surface area (Å²) in [7, 11) is -3.62. The van der Waals surface area contributed by atoms with Gasteiger partial charge in [-0.3, -0.25) is 9.59 Å². The molecule has 0 radical (unpaired) electrons. The highest BCUT2D eigenvalue weighted by molar-refractivity contribution is 7.89. The van der Waals surface area contributed by atoms with E-state index in [2.05, 4.69) is 12.2 Å². The van der Waals surface area contributed by atoms with Gasteiger partial charge >= 0.3 is 0 Å². The number of fused-ring (bicyclic) bond motifs is 1. The van der Waals surface area contributed by atoms with Gasteiger partial charge in [-0.2, -0.15) is 4.31 Å². The fourth-order valence-electron chi connectivity index (χ4n) is 5.48. The molecule has 8 heteroatoms. The molecule has 1 aromatic rings. The maximum atomic E-state index is 13.3. The maximum Gasteiger partial charge on any atom is 0.243 e. The Kier molecular flexibility index (Phi) is 6.87. The van der Waals surface area contributed by atoms with E-state index in [0.29, 0.717) is 30.3 Å². The van der Waals surface area contributed by atoms with Crippen LogP contribution >= 0.6 is 0 Å². The summed E-state index contributed by atoms with van der Waals surface area (Å²) in [6, 6.07) is 5.09. The van der Waals surface area contributed by atoms with Crippen LogP contribution in [0.25, 0.3) is 0 Å². The third kappa shape index (κ3) is 4.83. The summed E-state index contributed by atoms with van der Waals surface area (Å²) < 4.78 is 28.2. The van der Waals surface area contributed by atoms with Gasteiger partial charge in [0.25, 0.3) is 0 Å². The lowest BCUT2D eigenvalue weighted by molar-refractivity contribution is -0.126. The van der Waals surface area contributed by atoms with Crippen LogP contribution in [0.15, 0.2) is 23.1 Å². The molecule has 2 aliphatic heterocycles. The Balaban J connectivity index is 1.55. The first-order valence-electron chi connectivity index (χ1n) is 12.4. The molecule has 2 fully saturated rings. The van der Waals surface area contributed by atoms with Gasteiger partial charge in [-0.25, -0.2) is 8.42 Å². The zero-order valence-corrected chi connectivity index (χ0v) is 20.9. The van der Waals surface area contributed by atoms with Crippen molar-refractivity contribution in [3.63, 3.8) is 0 Å². The third-order valence-corrected chi connectivity index (χ3v) is 9.35. The fraction of sp³-hybridized carbons (Fsp3) is 0.680. The number of nitrogens with one attached hydrogen (secondary N) is 1. The van der Waals surface area contributed by atoms with E-state index >= 15 is 0 Å². The molecule has 182 valence electrons. The molecule has 1 saturated carbocycles. The Hall–Kier alpha value is -1.93. The van der Waals surface area contributed by atoms with Crippen molar-refractivity contribution in [3.8, 4) is 0 Å². The number of carbonyl (C=O) groups is 2. The fourth-order valence-corrected chi connectivity index (χ4v) is 7.11. The summed E-state index contributed by atoms with van der Waals surface area (Å²) in [5.41, 5.74) is 0.409. The van der Waals surface area contributed by atoms with E-state index in [-0.39, 0.29) is 29.3 Å². The smallest absolute Gasteiger partial charge is 0.243 e. The Morgan fingerprint density at radius 1 is 1.09 bits per heavy atom. The normalized spacial score (nSPS) is 24.4. The predicted molar refractivity (Wildman–Crippen MR) is 129 cm³/mol. The highest BCUT2D eigenvalue weighted by atomic mass is 32.2. The molecule has 3 aliphatic rings. The summed E-state index contributed by atoms with van der Waals surface area (Å²) in [5, 5.41) is 3.11. The molecule has 2 amide bonds. The molecule has 0 spiro atoms. The molecule has 1 aliphatic carbocycles. The van der Waals surface area contributed by atoms with Crippen molar-refractivity contribution in [2.45, 2.75) is 88.5 Å². The lowest BCUT2D eigenvalue weighted by Crippen LogP contribution is -2.45. The van der Waals surface area contributed by atoms with Gasteiger partial charge in [-0.1, -0.05) is 32.6 Å². The van der Waals surface area contributed by atoms with Crippen LogP contribution in [0, 0.1) is 5.92 Å². The highest BCUT2D eigenvalue weighted by Crippen LogP contribution is 2.43. The molecule has 0 aromatic heterocycles. The number of anilines is 1. The highest BCUT2D eigenvalue weighted by Gasteiger charge is 2.45. The Morgan fingerprint density at radius 3 is 2.45 bits per heavy atom. The van der Waals surface area contributed by atoms with Gasteiger partial charge in [0.2, 0.25) is 21.8 Å². The van der Waals surface area contributed by atoms with Crippen LogP contribution in [0.4, 0.5) is 5.69 Å². The van der Waals surface area contributed by atoms with Crippen molar-refractivity contribution in [1.29, 1.82) is 0 Å². The van der Waals surface area contributed by atoms with E-state index in [4.69, 9.17) is 0 Å². The lowest BCUT2D eigenvalue weighted by atomic mass is 9.86. The van der Waals surface area contributed by atoms with Gasteiger partial charge in [0.1, 0.15) is 6.54 Å². The Labute approximate surface area is 198 Å². The van der Waals surface area contributed by atoms with E-state index in [1.807, 2.05) is 0 Å². The van der Waals surface area contributed by atoms with Crippen molar-refractivity contribution < 1.29 is 18.0 Å². The molecule has 1 atom stereocenters. The average molecular weight is 476 g/mol. The number of benzene rings is 1. The number of piperidine rings is 1. The van der Waals surface area contributed by atoms with E-state index in [9.17, 15) is 18.0 Å². The first-order valence-corrected chi connectivity index (χ1v) is 13.8. The number of amides is 2. The quantitative estimate of drug-likeness (QED) is 0.660. The number of rotatable bonds is 5. The lowest BCUT2D eigenvalue weighted by Gasteiger charge is -2.30. The monoisotopic (exact) mass is 475 g/mol. The van der Waals surface area contributed by atoms with Crippen molar-refractivity contribution >= 4 is 27.5 Å². The summed E-state index contributed by atoms with van der Waals surface area (Å²) in [5.74, 6) is 0.0102. The maximum absolute atomic E-state index is 13.3. The van der Waals surface area contributed by atoms with Crippen molar-refractivity contribution in [2.24, 2.45) is 5.92 Å². The van der Waals surface area contributed by atoms with Crippen LogP contribution in [0.5, 0.6) is 0 Å². The molecule has 1 aromatic carbocycles. The van der Waals surface area contributed by atoms with Gasteiger partial charge in [-0.05, 0) is 69.2 Å². The summed E-state index contributed by atoms with van der Waals surface area (Å²) in [4.78, 5) is 27.8. The largest absolute Gasteiger partial charge is 0.352 e. The van der Waals surface area contributed by atoms with E-state index in [0.717, 1.165) is 38.5 Å². The van der Waals surface area contributed by atoms with Gasteiger partial charge < -0.3 is 10.2 Å². The molecular formula is C25H37N3O4S. The van der Waals surface area contributed by atoms with Gasteiger partial charge in [0.05, 0.1) is 10.3 Å². The minimum absolute atomic E-state index is 0.0402. The van der Waals surface area contributed by atoms with Crippen LogP contribution in [0.3, 0.4) is 0 Å². The second-order valence-corrected chi connectivity index (χ2v) is 12.5. The predicted octanol–water partition coefficient (Wildman–Crippen LogP) is 3.57. The number of hydrogen-bond donors (Lipinski definition) is 1. The first kappa shape index (κ1) is 24.2. The topological polar surface area (TPSA) is 86.8 Å². The van der Waals surface area contributed by atoms with E-state index in [1.165, 1.54) is 17.7 Å². The van der Waals surface area contributed by atoms with Crippen LogP contribution in [0.2, 0.25) is 0 Å². The minimum atomic E-state index is -3.62. The standard InChI is InChI=1S/C25H37N3O4S/c1-18-9-8-14-27(16-18)33(31,32)20-12-13-22-21(15-20)25(2,3)24(30)28(22)17-23(29)26-19-10-6-4-5-7-11-19/h12-13,15,18-19H,4-11,14,16-17H2,1-3H3,(H,26,29). The van der Waals surface area contributed by atoms with Crippen molar-refractivity contribution in [2.75, 3.05) is 24.5 Å². The van der Waals surface area contributed by atoms with E-state index < -0.39 is 15.4 Å². The number of hydrogen-bond acceptors (Lipinski definition) is 4. The zero-order chi connectivity index (χ0) is 23.8. The number of sulfonamides is 1. The molecule has 2 heterocycles. The molecular weight excluding hydrogens is 438 g/mol. The third-order valence-electron chi connectivity index (χ3n) is 7.49. The second kappa shape index (κ2) is 9.37. The molecule has 1 saturated heterocycles. The molecule has 1 unspecified atom stereocenters. The summed E-state index contributed by atoms with van der Waals surface area (Å²) in [6.45, 7) is 6.69. The number of carbonyl (C=O) groups excluding carboxylic acids is 2. The second-order valence-electron chi connectivity index (χ2n) is 10.6. The molecule has 0 bridgehead atoms. The SMILES string of the molecule is CC1CCCN(S(=O)(=O)c2ccc3c(c2)C(C)(C)C(=O)N3CC(=O)NC2CCCCCC2)C1. The van der Waals surface area contributed by atoms with Gasteiger partial charge in [-0.15, -0.1) is 0 Å².